The zero-order valence-corrected chi connectivity index (χ0v) is 12.4. The summed E-state index contributed by atoms with van der Waals surface area (Å²) in [5, 5.41) is 3.16. The third kappa shape index (κ3) is 3.51. The molecule has 3 N–H and O–H groups in total. The highest BCUT2D eigenvalue weighted by molar-refractivity contribution is 5.78. The highest BCUT2D eigenvalue weighted by Gasteiger charge is 2.38. The maximum Gasteiger partial charge on any atom is 0.188 e. The van der Waals surface area contributed by atoms with Gasteiger partial charge in [-0.15, -0.1) is 0 Å². The lowest BCUT2D eigenvalue weighted by molar-refractivity contribution is 0.179. The molecule has 1 fully saturated rings. The van der Waals surface area contributed by atoms with E-state index in [0.717, 1.165) is 6.54 Å². The molecule has 2 rings (SSSR count). The van der Waals surface area contributed by atoms with Gasteiger partial charge in [0.25, 0.3) is 0 Å². The van der Waals surface area contributed by atoms with Crippen molar-refractivity contribution in [2.75, 3.05) is 20.3 Å². The highest BCUT2D eigenvalue weighted by atomic mass is 16.5. The summed E-state index contributed by atoms with van der Waals surface area (Å²) in [7, 11) is 1.68. The Kier molecular flexibility index (Phi) is 5.01. The van der Waals surface area contributed by atoms with Gasteiger partial charge in [0.1, 0.15) is 0 Å². The lowest BCUT2D eigenvalue weighted by Gasteiger charge is -2.41. The minimum Gasteiger partial charge on any atom is -0.383 e. The van der Waals surface area contributed by atoms with E-state index in [4.69, 9.17) is 10.5 Å². The number of ether oxygens (including phenoxy) is 1. The average molecular weight is 275 g/mol. The molecule has 0 saturated heterocycles. The number of rotatable bonds is 6. The van der Waals surface area contributed by atoms with E-state index in [2.05, 4.69) is 40.6 Å². The van der Waals surface area contributed by atoms with Gasteiger partial charge in [-0.1, -0.05) is 36.8 Å². The molecular formula is C16H25N3O. The van der Waals surface area contributed by atoms with Crippen LogP contribution in [0.4, 0.5) is 0 Å². The number of benzene rings is 1. The van der Waals surface area contributed by atoms with E-state index in [9.17, 15) is 0 Å². The van der Waals surface area contributed by atoms with Gasteiger partial charge in [-0.3, -0.25) is 4.99 Å². The Labute approximate surface area is 121 Å². The molecule has 1 aliphatic carbocycles. The molecule has 0 aromatic heterocycles. The molecule has 1 aliphatic rings. The summed E-state index contributed by atoms with van der Waals surface area (Å²) >= 11 is 0. The van der Waals surface area contributed by atoms with Crippen LogP contribution in [0.5, 0.6) is 0 Å². The van der Waals surface area contributed by atoms with E-state index in [1.165, 1.54) is 24.8 Å². The second kappa shape index (κ2) is 6.75. The number of nitrogens with two attached hydrogens (primary N) is 1. The Balaban J connectivity index is 1.97. The molecular weight excluding hydrogens is 250 g/mol. The van der Waals surface area contributed by atoms with Gasteiger partial charge in [-0.25, -0.2) is 0 Å². The fraction of sp³-hybridized carbons (Fsp3) is 0.562. The van der Waals surface area contributed by atoms with Crippen LogP contribution in [0.2, 0.25) is 0 Å². The van der Waals surface area contributed by atoms with Crippen LogP contribution in [0.25, 0.3) is 0 Å². The minimum absolute atomic E-state index is 0.179. The lowest BCUT2D eigenvalue weighted by atomic mass is 9.64. The second-order valence-electron chi connectivity index (χ2n) is 5.70. The van der Waals surface area contributed by atoms with E-state index in [1.54, 1.807) is 7.11 Å². The summed E-state index contributed by atoms with van der Waals surface area (Å²) in [5.74, 6) is 0.511. The van der Waals surface area contributed by atoms with Gasteiger partial charge in [0.2, 0.25) is 0 Å². The Morgan fingerprint density at radius 2 is 2.10 bits per heavy atom. The summed E-state index contributed by atoms with van der Waals surface area (Å²) < 4.78 is 5.08. The minimum atomic E-state index is 0.179. The van der Waals surface area contributed by atoms with Crippen LogP contribution in [-0.2, 0) is 10.2 Å². The van der Waals surface area contributed by atoms with Crippen molar-refractivity contribution in [1.82, 2.24) is 5.32 Å². The summed E-state index contributed by atoms with van der Waals surface area (Å²) in [6, 6.07) is 10.8. The molecule has 0 bridgehead atoms. The van der Waals surface area contributed by atoms with Crippen LogP contribution in [0.1, 0.15) is 31.7 Å². The summed E-state index contributed by atoms with van der Waals surface area (Å²) in [5.41, 5.74) is 7.53. The number of methoxy groups -OCH3 is 1. The molecule has 0 aliphatic heterocycles. The first-order valence-electron chi connectivity index (χ1n) is 7.27. The van der Waals surface area contributed by atoms with Crippen molar-refractivity contribution in [1.29, 1.82) is 0 Å². The predicted molar refractivity (Wildman–Crippen MR) is 82.9 cm³/mol. The molecule has 1 unspecified atom stereocenters. The molecule has 0 heterocycles. The van der Waals surface area contributed by atoms with Crippen molar-refractivity contribution in [3.63, 3.8) is 0 Å². The summed E-state index contributed by atoms with van der Waals surface area (Å²) in [6.45, 7) is 3.41. The zero-order chi connectivity index (χ0) is 14.4. The van der Waals surface area contributed by atoms with Crippen LogP contribution in [0, 0.1) is 0 Å². The summed E-state index contributed by atoms with van der Waals surface area (Å²) in [4.78, 5) is 4.54. The van der Waals surface area contributed by atoms with E-state index in [1.807, 2.05) is 6.92 Å². The standard InChI is InChI=1S/C16H25N3O/c1-13(11-20-2)19-15(17)18-12-16(9-6-10-16)14-7-4-3-5-8-14/h3-5,7-8,13H,6,9-12H2,1-2H3,(H3,17,18,19). The Bertz CT molecular complexity index is 440. The average Bonchev–Trinajstić information content (AvgIpc) is 2.39. The number of aliphatic imine (C=N–C) groups is 1. The zero-order valence-electron chi connectivity index (χ0n) is 12.4. The van der Waals surface area contributed by atoms with Crippen molar-refractivity contribution in [3.8, 4) is 0 Å². The Hall–Kier alpha value is -1.55. The SMILES string of the molecule is COCC(C)NC(N)=NCC1(c2ccccc2)CCC1. The van der Waals surface area contributed by atoms with Crippen LogP contribution in [0.3, 0.4) is 0 Å². The van der Waals surface area contributed by atoms with Crippen molar-refractivity contribution in [2.24, 2.45) is 10.7 Å². The maximum absolute atomic E-state index is 5.95. The number of guanidine groups is 1. The first-order valence-corrected chi connectivity index (χ1v) is 7.27. The molecule has 1 atom stereocenters. The number of hydrogen-bond acceptors (Lipinski definition) is 2. The topological polar surface area (TPSA) is 59.6 Å². The number of hydrogen-bond donors (Lipinski definition) is 2. The smallest absolute Gasteiger partial charge is 0.188 e. The molecule has 0 radical (unpaired) electrons. The molecule has 1 aromatic carbocycles. The van der Waals surface area contributed by atoms with Gasteiger partial charge >= 0.3 is 0 Å². The van der Waals surface area contributed by atoms with Crippen molar-refractivity contribution in [2.45, 2.75) is 37.6 Å². The molecule has 4 nitrogen and oxygen atoms in total. The number of nitrogens with one attached hydrogen (secondary N) is 1. The molecule has 1 saturated carbocycles. The van der Waals surface area contributed by atoms with Gasteiger partial charge in [0.15, 0.2) is 5.96 Å². The van der Waals surface area contributed by atoms with E-state index >= 15 is 0 Å². The first kappa shape index (κ1) is 14.9. The van der Waals surface area contributed by atoms with Gasteiger partial charge in [0.05, 0.1) is 13.2 Å². The van der Waals surface area contributed by atoms with Crippen molar-refractivity contribution in [3.05, 3.63) is 35.9 Å². The first-order chi connectivity index (χ1) is 9.66. The van der Waals surface area contributed by atoms with Crippen LogP contribution in [-0.4, -0.2) is 32.3 Å². The van der Waals surface area contributed by atoms with E-state index in [0.29, 0.717) is 12.6 Å². The summed E-state index contributed by atoms with van der Waals surface area (Å²) in [6.07, 6.45) is 3.67. The largest absolute Gasteiger partial charge is 0.383 e. The van der Waals surface area contributed by atoms with Crippen molar-refractivity contribution >= 4 is 5.96 Å². The predicted octanol–water partition coefficient (Wildman–Crippen LogP) is 2.05. The van der Waals surface area contributed by atoms with Gasteiger partial charge < -0.3 is 15.8 Å². The Morgan fingerprint density at radius 1 is 1.40 bits per heavy atom. The van der Waals surface area contributed by atoms with Gasteiger partial charge in [-0.05, 0) is 25.3 Å². The third-order valence-electron chi connectivity index (χ3n) is 4.06. The fourth-order valence-corrected chi connectivity index (χ4v) is 2.76. The van der Waals surface area contributed by atoms with Crippen LogP contribution >= 0.6 is 0 Å². The normalized spacial score (nSPS) is 19.2. The van der Waals surface area contributed by atoms with Crippen LogP contribution in [0.15, 0.2) is 35.3 Å². The molecule has 0 spiro atoms. The second-order valence-corrected chi connectivity index (χ2v) is 5.70. The molecule has 110 valence electrons. The van der Waals surface area contributed by atoms with E-state index < -0.39 is 0 Å². The van der Waals surface area contributed by atoms with Gasteiger partial charge in [0, 0.05) is 18.6 Å². The fourth-order valence-electron chi connectivity index (χ4n) is 2.76. The number of nitrogens with zero attached hydrogens (tertiary/aromatic N) is 1. The molecule has 4 heteroatoms. The lowest BCUT2D eigenvalue weighted by Crippen LogP contribution is -2.43. The molecule has 20 heavy (non-hydrogen) atoms. The van der Waals surface area contributed by atoms with E-state index in [-0.39, 0.29) is 11.5 Å². The quantitative estimate of drug-likeness (QED) is 0.617. The highest BCUT2D eigenvalue weighted by Crippen LogP contribution is 2.43. The third-order valence-corrected chi connectivity index (χ3v) is 4.06. The Morgan fingerprint density at radius 3 is 2.65 bits per heavy atom. The monoisotopic (exact) mass is 275 g/mol. The van der Waals surface area contributed by atoms with Crippen LogP contribution < -0.4 is 11.1 Å². The van der Waals surface area contributed by atoms with Crippen molar-refractivity contribution < 1.29 is 4.74 Å². The molecule has 0 amide bonds. The molecule has 1 aromatic rings. The van der Waals surface area contributed by atoms with Gasteiger partial charge in [-0.2, -0.15) is 0 Å². The maximum atomic E-state index is 5.95.